The first-order chi connectivity index (χ1) is 9.92. The second-order valence-electron chi connectivity index (χ2n) is 5.60. The van der Waals surface area contributed by atoms with E-state index in [1.807, 2.05) is 6.20 Å². The molecule has 104 valence electrons. The lowest BCUT2D eigenvalue weighted by atomic mass is 10.1. The SMILES string of the molecule is c1cc(C2CNCCO2)cc(-n2nccc2C2CC2)c1. The molecule has 20 heavy (non-hydrogen) atoms. The van der Waals surface area contributed by atoms with Crippen molar-refractivity contribution in [3.05, 3.63) is 47.8 Å². The first-order valence-electron chi connectivity index (χ1n) is 7.38. The number of nitrogens with zero attached hydrogens (tertiary/aromatic N) is 2. The summed E-state index contributed by atoms with van der Waals surface area (Å²) in [5.74, 6) is 0.703. The molecule has 2 heterocycles. The number of morpholine rings is 1. The standard InChI is InChI=1S/C16H19N3O/c1-2-13(16-11-17-8-9-20-16)10-14(3-1)19-15(6-7-18-19)12-4-5-12/h1-3,6-7,10,12,16-17H,4-5,8-9,11H2. The van der Waals surface area contributed by atoms with Crippen molar-refractivity contribution >= 4 is 0 Å². The zero-order chi connectivity index (χ0) is 13.4. The Hall–Kier alpha value is -1.65. The molecule has 0 amide bonds. The molecule has 1 aromatic heterocycles. The minimum absolute atomic E-state index is 0.156. The average Bonchev–Trinajstić information content (AvgIpc) is 3.25. The molecule has 1 N–H and O–H groups in total. The van der Waals surface area contributed by atoms with Crippen molar-refractivity contribution in [1.29, 1.82) is 0 Å². The molecule has 0 spiro atoms. The normalized spacial score (nSPS) is 22.9. The monoisotopic (exact) mass is 269 g/mol. The van der Waals surface area contributed by atoms with Gasteiger partial charge in [0.05, 0.1) is 18.4 Å². The Morgan fingerprint density at radius 1 is 1.25 bits per heavy atom. The third kappa shape index (κ3) is 2.25. The van der Waals surface area contributed by atoms with Gasteiger partial charge in [-0.05, 0) is 36.6 Å². The Morgan fingerprint density at radius 3 is 3.00 bits per heavy atom. The molecule has 0 radical (unpaired) electrons. The fourth-order valence-electron chi connectivity index (χ4n) is 2.85. The fraction of sp³-hybridized carbons (Fsp3) is 0.438. The third-order valence-electron chi connectivity index (χ3n) is 4.08. The molecule has 1 saturated heterocycles. The Labute approximate surface area is 118 Å². The maximum atomic E-state index is 5.83. The van der Waals surface area contributed by atoms with E-state index in [9.17, 15) is 0 Å². The average molecular weight is 269 g/mol. The molecule has 2 fully saturated rings. The van der Waals surface area contributed by atoms with Crippen molar-refractivity contribution < 1.29 is 4.74 Å². The van der Waals surface area contributed by atoms with Crippen molar-refractivity contribution in [2.75, 3.05) is 19.7 Å². The highest BCUT2D eigenvalue weighted by Gasteiger charge is 2.27. The molecule has 1 unspecified atom stereocenters. The van der Waals surface area contributed by atoms with Crippen LogP contribution in [0.1, 0.15) is 36.1 Å². The van der Waals surface area contributed by atoms with E-state index in [-0.39, 0.29) is 6.10 Å². The van der Waals surface area contributed by atoms with Crippen LogP contribution in [-0.4, -0.2) is 29.5 Å². The second-order valence-corrected chi connectivity index (χ2v) is 5.60. The van der Waals surface area contributed by atoms with Gasteiger partial charge in [-0.2, -0.15) is 5.10 Å². The van der Waals surface area contributed by atoms with Gasteiger partial charge in [-0.3, -0.25) is 0 Å². The van der Waals surface area contributed by atoms with E-state index in [4.69, 9.17) is 4.74 Å². The van der Waals surface area contributed by atoms with E-state index in [1.165, 1.54) is 24.1 Å². The van der Waals surface area contributed by atoms with Crippen molar-refractivity contribution in [2.24, 2.45) is 0 Å². The van der Waals surface area contributed by atoms with Crippen LogP contribution in [0.2, 0.25) is 0 Å². The summed E-state index contributed by atoms with van der Waals surface area (Å²) < 4.78 is 7.91. The minimum atomic E-state index is 0.156. The van der Waals surface area contributed by atoms with Crippen LogP contribution in [0.5, 0.6) is 0 Å². The van der Waals surface area contributed by atoms with E-state index in [2.05, 4.69) is 45.4 Å². The highest BCUT2D eigenvalue weighted by Crippen LogP contribution is 2.40. The topological polar surface area (TPSA) is 39.1 Å². The molecular weight excluding hydrogens is 250 g/mol. The minimum Gasteiger partial charge on any atom is -0.371 e. The largest absolute Gasteiger partial charge is 0.371 e. The highest BCUT2D eigenvalue weighted by atomic mass is 16.5. The summed E-state index contributed by atoms with van der Waals surface area (Å²) in [5, 5.41) is 7.87. The van der Waals surface area contributed by atoms with Crippen LogP contribution in [0.3, 0.4) is 0 Å². The number of aromatic nitrogens is 2. The molecule has 1 aromatic carbocycles. The van der Waals surface area contributed by atoms with E-state index in [1.54, 1.807) is 0 Å². The number of benzene rings is 1. The van der Waals surface area contributed by atoms with Crippen molar-refractivity contribution in [2.45, 2.75) is 24.9 Å². The summed E-state index contributed by atoms with van der Waals surface area (Å²) in [6.45, 7) is 2.61. The van der Waals surface area contributed by atoms with Crippen LogP contribution in [0.4, 0.5) is 0 Å². The zero-order valence-electron chi connectivity index (χ0n) is 11.5. The molecule has 4 heteroatoms. The first-order valence-corrected chi connectivity index (χ1v) is 7.38. The fourth-order valence-corrected chi connectivity index (χ4v) is 2.85. The van der Waals surface area contributed by atoms with E-state index in [0.29, 0.717) is 5.92 Å². The van der Waals surface area contributed by atoms with Crippen LogP contribution in [0, 0.1) is 0 Å². The smallest absolute Gasteiger partial charge is 0.0950 e. The van der Waals surface area contributed by atoms with Crippen molar-refractivity contribution in [1.82, 2.24) is 15.1 Å². The van der Waals surface area contributed by atoms with Gasteiger partial charge in [0, 0.05) is 30.9 Å². The van der Waals surface area contributed by atoms with Crippen LogP contribution >= 0.6 is 0 Å². The van der Waals surface area contributed by atoms with Gasteiger partial charge in [-0.1, -0.05) is 12.1 Å². The molecule has 1 aliphatic carbocycles. The van der Waals surface area contributed by atoms with Gasteiger partial charge in [-0.15, -0.1) is 0 Å². The summed E-state index contributed by atoms with van der Waals surface area (Å²) in [7, 11) is 0. The Bertz CT molecular complexity index is 597. The van der Waals surface area contributed by atoms with Crippen LogP contribution in [0.15, 0.2) is 36.5 Å². The highest BCUT2D eigenvalue weighted by molar-refractivity contribution is 5.39. The summed E-state index contributed by atoms with van der Waals surface area (Å²) in [5.41, 5.74) is 3.71. The predicted octanol–water partition coefficient (Wildman–Crippen LogP) is 2.41. The number of hydrogen-bond acceptors (Lipinski definition) is 3. The molecule has 2 aromatic rings. The van der Waals surface area contributed by atoms with Gasteiger partial charge >= 0.3 is 0 Å². The lowest BCUT2D eigenvalue weighted by Gasteiger charge is -2.24. The molecule has 1 saturated carbocycles. The Morgan fingerprint density at radius 2 is 2.20 bits per heavy atom. The molecule has 1 atom stereocenters. The number of ether oxygens (including phenoxy) is 1. The third-order valence-corrected chi connectivity index (χ3v) is 4.08. The van der Waals surface area contributed by atoms with Gasteiger partial charge in [0.15, 0.2) is 0 Å². The molecule has 1 aliphatic heterocycles. The van der Waals surface area contributed by atoms with Crippen LogP contribution in [-0.2, 0) is 4.74 Å². The maximum Gasteiger partial charge on any atom is 0.0950 e. The first kappa shape index (κ1) is 12.1. The quantitative estimate of drug-likeness (QED) is 0.930. The summed E-state index contributed by atoms with van der Waals surface area (Å²) in [6.07, 6.45) is 4.64. The predicted molar refractivity (Wildman–Crippen MR) is 77.1 cm³/mol. The van der Waals surface area contributed by atoms with Gasteiger partial charge in [-0.25, -0.2) is 4.68 Å². The lowest BCUT2D eigenvalue weighted by molar-refractivity contribution is 0.0277. The number of hydrogen-bond donors (Lipinski definition) is 1. The second kappa shape index (κ2) is 5.04. The van der Waals surface area contributed by atoms with Gasteiger partial charge in [0.2, 0.25) is 0 Å². The number of nitrogens with one attached hydrogen (secondary N) is 1. The molecule has 2 aliphatic rings. The Balaban J connectivity index is 1.66. The number of rotatable bonds is 3. The van der Waals surface area contributed by atoms with E-state index >= 15 is 0 Å². The van der Waals surface area contributed by atoms with E-state index in [0.717, 1.165) is 25.4 Å². The maximum absolute atomic E-state index is 5.83. The van der Waals surface area contributed by atoms with Crippen LogP contribution < -0.4 is 5.32 Å². The molecular formula is C16H19N3O. The van der Waals surface area contributed by atoms with Crippen molar-refractivity contribution in [3.8, 4) is 5.69 Å². The molecule has 4 nitrogen and oxygen atoms in total. The zero-order valence-corrected chi connectivity index (χ0v) is 11.5. The van der Waals surface area contributed by atoms with Gasteiger partial charge in [0.1, 0.15) is 0 Å². The molecule has 4 rings (SSSR count). The lowest BCUT2D eigenvalue weighted by Crippen LogP contribution is -2.33. The van der Waals surface area contributed by atoms with Gasteiger partial charge in [0.25, 0.3) is 0 Å². The molecule has 0 bridgehead atoms. The van der Waals surface area contributed by atoms with Crippen LogP contribution in [0.25, 0.3) is 5.69 Å². The van der Waals surface area contributed by atoms with Crippen molar-refractivity contribution in [3.63, 3.8) is 0 Å². The summed E-state index contributed by atoms with van der Waals surface area (Å²) in [4.78, 5) is 0. The summed E-state index contributed by atoms with van der Waals surface area (Å²) in [6, 6.07) is 10.7. The van der Waals surface area contributed by atoms with Gasteiger partial charge < -0.3 is 10.1 Å². The van der Waals surface area contributed by atoms with E-state index < -0.39 is 0 Å². The Kier molecular flexibility index (Phi) is 3.05. The summed E-state index contributed by atoms with van der Waals surface area (Å²) >= 11 is 0.